The Balaban J connectivity index is 2.40. The van der Waals surface area contributed by atoms with E-state index < -0.39 is 17.1 Å². The third kappa shape index (κ3) is 3.27. The zero-order chi connectivity index (χ0) is 15.4. The van der Waals surface area contributed by atoms with Crippen LogP contribution < -0.4 is 17.0 Å². The van der Waals surface area contributed by atoms with Gasteiger partial charge in [0.2, 0.25) is 0 Å². The molecule has 0 aliphatic heterocycles. The number of hydrogen-bond donors (Lipinski definition) is 1. The lowest BCUT2D eigenvalue weighted by molar-refractivity contribution is 0.578. The van der Waals surface area contributed by atoms with Gasteiger partial charge in [0.1, 0.15) is 5.82 Å². The Morgan fingerprint density at radius 1 is 1.29 bits per heavy atom. The Morgan fingerprint density at radius 2 is 2.05 bits per heavy atom. The van der Waals surface area contributed by atoms with Gasteiger partial charge in [-0.1, -0.05) is 17.9 Å². The molecule has 21 heavy (non-hydrogen) atoms. The van der Waals surface area contributed by atoms with E-state index in [0.717, 1.165) is 4.57 Å². The minimum atomic E-state index is -0.517. The second-order valence-electron chi connectivity index (χ2n) is 4.45. The summed E-state index contributed by atoms with van der Waals surface area (Å²) < 4.78 is 16.2. The maximum absolute atomic E-state index is 14.0. The van der Waals surface area contributed by atoms with Crippen molar-refractivity contribution >= 4 is 0 Å². The van der Waals surface area contributed by atoms with Gasteiger partial charge in [0, 0.05) is 30.4 Å². The molecular weight excluding hydrogens is 273 g/mol. The van der Waals surface area contributed by atoms with Crippen molar-refractivity contribution in [3.8, 4) is 11.8 Å². The van der Waals surface area contributed by atoms with Gasteiger partial charge in [-0.05, 0) is 12.1 Å². The van der Waals surface area contributed by atoms with E-state index in [1.165, 1.54) is 36.0 Å². The maximum Gasteiger partial charge on any atom is 0.331 e. The molecule has 0 unspecified atom stereocenters. The van der Waals surface area contributed by atoms with E-state index in [1.54, 1.807) is 6.07 Å². The summed E-state index contributed by atoms with van der Waals surface area (Å²) in [5.74, 6) is 4.83. The molecule has 0 fully saturated rings. The summed E-state index contributed by atoms with van der Waals surface area (Å²) in [6.45, 7) is 0.0710. The number of aromatic nitrogens is 2. The molecule has 2 rings (SSSR count). The molecular formula is C15H14FN3O2. The predicted octanol–water partition coefficient (Wildman–Crippen LogP) is 0.0446. The van der Waals surface area contributed by atoms with Crippen molar-refractivity contribution in [1.82, 2.24) is 9.13 Å². The van der Waals surface area contributed by atoms with Crippen LogP contribution in [0.1, 0.15) is 11.1 Å². The Morgan fingerprint density at radius 3 is 2.71 bits per heavy atom. The fraction of sp³-hybridized carbons (Fsp3) is 0.200. The number of rotatable bonds is 2. The number of nitrogens with zero attached hydrogens (tertiary/aromatic N) is 2. The molecule has 0 saturated carbocycles. The van der Waals surface area contributed by atoms with Gasteiger partial charge in [-0.25, -0.2) is 9.18 Å². The molecule has 0 amide bonds. The van der Waals surface area contributed by atoms with Gasteiger partial charge in [-0.3, -0.25) is 9.36 Å². The molecule has 0 aliphatic rings. The average Bonchev–Trinajstić information content (AvgIpc) is 2.47. The largest absolute Gasteiger partial charge is 0.331 e. The van der Waals surface area contributed by atoms with E-state index in [0.29, 0.717) is 5.56 Å². The number of halogens is 1. The van der Waals surface area contributed by atoms with Crippen LogP contribution in [0.5, 0.6) is 0 Å². The molecule has 2 aromatic rings. The molecule has 108 valence electrons. The zero-order valence-electron chi connectivity index (χ0n) is 11.5. The lowest BCUT2D eigenvalue weighted by Crippen LogP contribution is -2.38. The van der Waals surface area contributed by atoms with Gasteiger partial charge in [0.25, 0.3) is 5.56 Å². The predicted molar refractivity (Wildman–Crippen MR) is 77.4 cm³/mol. The SMILES string of the molecule is Cn1ccc(=O)n(Cc2ccc(C#CCN)cc2F)c1=O. The van der Waals surface area contributed by atoms with Gasteiger partial charge in [-0.2, -0.15) is 0 Å². The zero-order valence-corrected chi connectivity index (χ0v) is 11.5. The van der Waals surface area contributed by atoms with E-state index in [1.807, 2.05) is 0 Å². The second kappa shape index (κ2) is 6.20. The molecule has 1 aromatic carbocycles. The van der Waals surface area contributed by atoms with Crippen LogP contribution in [0.3, 0.4) is 0 Å². The Bertz CT molecular complexity index is 840. The quantitative estimate of drug-likeness (QED) is 0.793. The van der Waals surface area contributed by atoms with Gasteiger partial charge in [0.15, 0.2) is 0 Å². The van der Waals surface area contributed by atoms with Gasteiger partial charge in [-0.15, -0.1) is 0 Å². The second-order valence-corrected chi connectivity index (χ2v) is 4.45. The molecule has 1 heterocycles. The average molecular weight is 287 g/mol. The summed E-state index contributed by atoms with van der Waals surface area (Å²) in [6, 6.07) is 5.66. The van der Waals surface area contributed by atoms with Crippen molar-refractivity contribution < 1.29 is 4.39 Å². The molecule has 1 aromatic heterocycles. The third-order valence-corrected chi connectivity index (χ3v) is 2.96. The Kier molecular flexibility index (Phi) is 4.36. The first-order chi connectivity index (χ1) is 10.0. The van der Waals surface area contributed by atoms with Crippen LogP contribution in [0.25, 0.3) is 0 Å². The lowest BCUT2D eigenvalue weighted by atomic mass is 10.1. The van der Waals surface area contributed by atoms with E-state index in [-0.39, 0.29) is 18.7 Å². The van der Waals surface area contributed by atoms with E-state index >= 15 is 0 Å². The van der Waals surface area contributed by atoms with E-state index in [4.69, 9.17) is 5.73 Å². The highest BCUT2D eigenvalue weighted by atomic mass is 19.1. The molecule has 0 radical (unpaired) electrons. The molecule has 0 saturated heterocycles. The highest BCUT2D eigenvalue weighted by Crippen LogP contribution is 2.10. The first-order valence-corrected chi connectivity index (χ1v) is 6.27. The first kappa shape index (κ1) is 14.8. The van der Waals surface area contributed by atoms with Crippen LogP contribution in [-0.4, -0.2) is 15.7 Å². The molecule has 2 N–H and O–H groups in total. The summed E-state index contributed by atoms with van der Waals surface area (Å²) in [5.41, 5.74) is 5.04. The number of aryl methyl sites for hydroxylation is 1. The summed E-state index contributed by atoms with van der Waals surface area (Å²) in [4.78, 5) is 23.6. The van der Waals surface area contributed by atoms with Crippen LogP contribution in [0, 0.1) is 17.7 Å². The lowest BCUT2D eigenvalue weighted by Gasteiger charge is -2.07. The molecule has 0 bridgehead atoms. The van der Waals surface area contributed by atoms with Crippen LogP contribution >= 0.6 is 0 Å². The van der Waals surface area contributed by atoms with Crippen LogP contribution in [0.15, 0.2) is 40.1 Å². The highest BCUT2D eigenvalue weighted by Gasteiger charge is 2.08. The van der Waals surface area contributed by atoms with Crippen LogP contribution in [0.4, 0.5) is 4.39 Å². The Labute approximate surface area is 120 Å². The topological polar surface area (TPSA) is 70.0 Å². The fourth-order valence-corrected chi connectivity index (χ4v) is 1.84. The molecule has 0 atom stereocenters. The molecule has 0 spiro atoms. The van der Waals surface area contributed by atoms with Gasteiger partial charge < -0.3 is 10.3 Å². The van der Waals surface area contributed by atoms with Crippen molar-refractivity contribution in [1.29, 1.82) is 0 Å². The molecule has 5 nitrogen and oxygen atoms in total. The van der Waals surface area contributed by atoms with Crippen molar-refractivity contribution in [2.45, 2.75) is 6.54 Å². The minimum absolute atomic E-state index is 0.122. The number of benzene rings is 1. The number of hydrogen-bond acceptors (Lipinski definition) is 3. The molecule has 6 heteroatoms. The maximum atomic E-state index is 14.0. The summed E-state index contributed by atoms with van der Waals surface area (Å²) in [6.07, 6.45) is 1.38. The van der Waals surface area contributed by atoms with Gasteiger partial charge >= 0.3 is 5.69 Å². The van der Waals surface area contributed by atoms with E-state index in [9.17, 15) is 14.0 Å². The standard InChI is InChI=1S/C15H14FN3O2/c1-18-8-6-14(20)19(15(18)21)10-12-5-4-11(3-2-7-17)9-13(12)16/h4-6,8-9H,7,10,17H2,1H3. The highest BCUT2D eigenvalue weighted by molar-refractivity contribution is 5.37. The summed E-state index contributed by atoms with van der Waals surface area (Å²) >= 11 is 0. The first-order valence-electron chi connectivity index (χ1n) is 6.27. The summed E-state index contributed by atoms with van der Waals surface area (Å²) in [7, 11) is 1.53. The number of nitrogens with two attached hydrogens (primary N) is 1. The van der Waals surface area contributed by atoms with Crippen molar-refractivity contribution in [3.05, 3.63) is 68.2 Å². The van der Waals surface area contributed by atoms with Crippen molar-refractivity contribution in [2.24, 2.45) is 12.8 Å². The minimum Gasteiger partial charge on any atom is -0.320 e. The van der Waals surface area contributed by atoms with Gasteiger partial charge in [0.05, 0.1) is 13.1 Å². The Hall–Kier alpha value is -2.65. The van der Waals surface area contributed by atoms with Crippen molar-refractivity contribution in [3.63, 3.8) is 0 Å². The smallest absolute Gasteiger partial charge is 0.320 e. The summed E-state index contributed by atoms with van der Waals surface area (Å²) in [5, 5.41) is 0. The molecule has 0 aliphatic carbocycles. The fourth-order valence-electron chi connectivity index (χ4n) is 1.84. The van der Waals surface area contributed by atoms with Crippen LogP contribution in [-0.2, 0) is 13.6 Å². The normalized spacial score (nSPS) is 10.0. The third-order valence-electron chi connectivity index (χ3n) is 2.96. The van der Waals surface area contributed by atoms with Crippen LogP contribution in [0.2, 0.25) is 0 Å². The van der Waals surface area contributed by atoms with E-state index in [2.05, 4.69) is 11.8 Å². The monoisotopic (exact) mass is 287 g/mol. The van der Waals surface area contributed by atoms with Crippen molar-refractivity contribution in [2.75, 3.05) is 6.54 Å².